The quantitative estimate of drug-likeness (QED) is 0.620. The minimum Gasteiger partial charge on any atom is -0.468 e. The van der Waals surface area contributed by atoms with Crippen molar-refractivity contribution < 1.29 is 13.9 Å². The molecule has 18 heavy (non-hydrogen) atoms. The first-order valence-electron chi connectivity index (χ1n) is 5.77. The van der Waals surface area contributed by atoms with Gasteiger partial charge in [0.2, 0.25) is 0 Å². The van der Waals surface area contributed by atoms with Crippen molar-refractivity contribution in [2.75, 3.05) is 13.7 Å². The third-order valence-corrected chi connectivity index (χ3v) is 2.75. The Morgan fingerprint density at radius 1 is 1.61 bits per heavy atom. The van der Waals surface area contributed by atoms with Crippen LogP contribution in [-0.2, 0) is 16.0 Å². The molecule has 0 fully saturated rings. The van der Waals surface area contributed by atoms with E-state index in [1.165, 1.54) is 25.3 Å². The first kappa shape index (κ1) is 14.4. The van der Waals surface area contributed by atoms with Gasteiger partial charge in [-0.2, -0.15) is 0 Å². The zero-order chi connectivity index (χ0) is 13.5. The Balaban J connectivity index is 2.50. The summed E-state index contributed by atoms with van der Waals surface area (Å²) >= 11 is 0. The summed E-state index contributed by atoms with van der Waals surface area (Å²) in [6.07, 6.45) is 2.22. The van der Waals surface area contributed by atoms with Crippen molar-refractivity contribution in [1.29, 1.82) is 0 Å². The molecule has 4 heteroatoms. The van der Waals surface area contributed by atoms with Crippen LogP contribution >= 0.6 is 0 Å². The maximum Gasteiger partial charge on any atom is 0.326 e. The second-order valence-electron chi connectivity index (χ2n) is 4.01. The molecule has 1 N–H and O–H groups in total. The molecule has 0 spiro atoms. The van der Waals surface area contributed by atoms with Crippen molar-refractivity contribution in [3.8, 4) is 0 Å². The minimum absolute atomic E-state index is 0.234. The first-order chi connectivity index (χ1) is 8.58. The van der Waals surface area contributed by atoms with E-state index in [1.807, 2.05) is 6.92 Å². The van der Waals surface area contributed by atoms with Gasteiger partial charge >= 0.3 is 5.97 Å². The van der Waals surface area contributed by atoms with Gasteiger partial charge < -0.3 is 10.1 Å². The highest BCUT2D eigenvalue weighted by Crippen LogP contribution is 2.10. The summed E-state index contributed by atoms with van der Waals surface area (Å²) in [4.78, 5) is 11.3. The number of halogens is 1. The van der Waals surface area contributed by atoms with Crippen LogP contribution in [0.3, 0.4) is 0 Å². The maximum atomic E-state index is 12.9. The molecule has 0 aliphatic carbocycles. The van der Waals surface area contributed by atoms with E-state index < -0.39 is 6.04 Å². The number of esters is 1. The van der Waals surface area contributed by atoms with Gasteiger partial charge in [0.1, 0.15) is 11.9 Å². The number of carbonyl (C=O) groups is 1. The fourth-order valence-corrected chi connectivity index (χ4v) is 1.69. The van der Waals surface area contributed by atoms with Crippen LogP contribution in [-0.4, -0.2) is 25.7 Å². The molecule has 0 radical (unpaired) electrons. The molecule has 0 amide bonds. The second kappa shape index (κ2) is 6.91. The average molecular weight is 251 g/mol. The topological polar surface area (TPSA) is 38.3 Å². The van der Waals surface area contributed by atoms with Crippen molar-refractivity contribution in [3.63, 3.8) is 0 Å². The number of rotatable bonds is 6. The number of hydrogen-bond acceptors (Lipinski definition) is 3. The van der Waals surface area contributed by atoms with Crippen LogP contribution < -0.4 is 5.32 Å². The smallest absolute Gasteiger partial charge is 0.326 e. The monoisotopic (exact) mass is 251 g/mol. The Bertz CT molecular complexity index is 432. The maximum absolute atomic E-state index is 12.9. The summed E-state index contributed by atoms with van der Waals surface area (Å²) in [5.74, 6) is -0.594. The van der Waals surface area contributed by atoms with Gasteiger partial charge in [0, 0.05) is 6.54 Å². The number of carbonyl (C=O) groups excluding carboxylic acids is 1. The van der Waals surface area contributed by atoms with E-state index in [9.17, 15) is 9.18 Å². The molecule has 1 atom stereocenters. The first-order valence-corrected chi connectivity index (χ1v) is 5.77. The van der Waals surface area contributed by atoms with Crippen LogP contribution in [0.15, 0.2) is 30.9 Å². The molecule has 0 saturated carbocycles. The number of ether oxygens (including phenoxy) is 1. The van der Waals surface area contributed by atoms with Crippen molar-refractivity contribution in [2.24, 2.45) is 0 Å². The standard InChI is InChI=1S/C14H18FNO2/c1-4-13(14(17)18-3)16-8-7-11-5-6-12(15)9-10(11)2/h4-6,9,13,16H,1,7-8H2,2-3H3. The molecule has 1 unspecified atom stereocenters. The van der Waals surface area contributed by atoms with E-state index in [0.29, 0.717) is 13.0 Å². The zero-order valence-corrected chi connectivity index (χ0v) is 10.7. The number of nitrogens with one attached hydrogen (secondary N) is 1. The third kappa shape index (κ3) is 3.96. The second-order valence-corrected chi connectivity index (χ2v) is 4.01. The molecule has 1 rings (SSSR count). The summed E-state index contributed by atoms with van der Waals surface area (Å²) in [5, 5.41) is 3.02. The van der Waals surface area contributed by atoms with E-state index in [4.69, 9.17) is 0 Å². The van der Waals surface area contributed by atoms with Crippen LogP contribution in [0.5, 0.6) is 0 Å². The lowest BCUT2D eigenvalue weighted by Gasteiger charge is -2.13. The highest BCUT2D eigenvalue weighted by molar-refractivity contribution is 5.77. The van der Waals surface area contributed by atoms with E-state index in [2.05, 4.69) is 16.6 Å². The molecule has 1 aromatic rings. The minimum atomic E-state index is -0.504. The molecule has 0 aliphatic heterocycles. The zero-order valence-electron chi connectivity index (χ0n) is 10.7. The molecular weight excluding hydrogens is 233 g/mol. The largest absolute Gasteiger partial charge is 0.468 e. The molecule has 98 valence electrons. The van der Waals surface area contributed by atoms with E-state index >= 15 is 0 Å². The molecule has 0 saturated heterocycles. The lowest BCUT2D eigenvalue weighted by atomic mass is 10.1. The van der Waals surface area contributed by atoms with Crippen molar-refractivity contribution in [1.82, 2.24) is 5.32 Å². The van der Waals surface area contributed by atoms with Crippen molar-refractivity contribution in [2.45, 2.75) is 19.4 Å². The summed E-state index contributed by atoms with van der Waals surface area (Å²) in [6, 6.07) is 4.19. The highest BCUT2D eigenvalue weighted by atomic mass is 19.1. The molecule has 0 heterocycles. The van der Waals surface area contributed by atoms with Gasteiger partial charge in [-0.15, -0.1) is 6.58 Å². The number of aryl methyl sites for hydroxylation is 1. The van der Waals surface area contributed by atoms with Gasteiger partial charge in [-0.05, 0) is 36.6 Å². The van der Waals surface area contributed by atoms with Gasteiger partial charge in [-0.1, -0.05) is 12.1 Å². The Hall–Kier alpha value is -1.68. The predicted molar refractivity (Wildman–Crippen MR) is 68.8 cm³/mol. The Morgan fingerprint density at radius 2 is 2.33 bits per heavy atom. The summed E-state index contributed by atoms with van der Waals surface area (Å²) in [6.45, 7) is 6.03. The lowest BCUT2D eigenvalue weighted by molar-refractivity contribution is -0.141. The molecule has 0 bridgehead atoms. The van der Waals surface area contributed by atoms with E-state index in [0.717, 1.165) is 11.1 Å². The fourth-order valence-electron chi connectivity index (χ4n) is 1.69. The van der Waals surface area contributed by atoms with Crippen LogP contribution in [0, 0.1) is 12.7 Å². The molecule has 0 aromatic heterocycles. The number of benzene rings is 1. The highest BCUT2D eigenvalue weighted by Gasteiger charge is 2.13. The Kier molecular flexibility index (Phi) is 5.52. The fraction of sp³-hybridized carbons (Fsp3) is 0.357. The Labute approximate surface area is 107 Å². The Morgan fingerprint density at radius 3 is 2.89 bits per heavy atom. The van der Waals surface area contributed by atoms with Crippen LogP contribution in [0.4, 0.5) is 4.39 Å². The number of methoxy groups -OCH3 is 1. The summed E-state index contributed by atoms with van der Waals surface area (Å²) in [7, 11) is 1.34. The van der Waals surface area contributed by atoms with Crippen LogP contribution in [0.1, 0.15) is 11.1 Å². The van der Waals surface area contributed by atoms with Gasteiger partial charge in [-0.3, -0.25) is 4.79 Å². The SMILES string of the molecule is C=CC(NCCc1ccc(F)cc1C)C(=O)OC. The molecule has 3 nitrogen and oxygen atoms in total. The van der Waals surface area contributed by atoms with Crippen molar-refractivity contribution >= 4 is 5.97 Å². The van der Waals surface area contributed by atoms with E-state index in [-0.39, 0.29) is 11.8 Å². The molecule has 0 aliphatic rings. The van der Waals surface area contributed by atoms with Crippen LogP contribution in [0.25, 0.3) is 0 Å². The predicted octanol–water partition coefficient (Wildman–Crippen LogP) is 1.99. The van der Waals surface area contributed by atoms with Gasteiger partial charge in [-0.25, -0.2) is 4.39 Å². The average Bonchev–Trinajstić information content (AvgIpc) is 2.36. The molecule has 1 aromatic carbocycles. The van der Waals surface area contributed by atoms with Crippen LogP contribution in [0.2, 0.25) is 0 Å². The molecular formula is C14H18FNO2. The lowest BCUT2D eigenvalue weighted by Crippen LogP contribution is -2.37. The summed E-state index contributed by atoms with van der Waals surface area (Å²) < 4.78 is 17.5. The van der Waals surface area contributed by atoms with E-state index in [1.54, 1.807) is 6.07 Å². The third-order valence-electron chi connectivity index (χ3n) is 2.75. The summed E-state index contributed by atoms with van der Waals surface area (Å²) in [5.41, 5.74) is 1.96. The van der Waals surface area contributed by atoms with Gasteiger partial charge in [0.25, 0.3) is 0 Å². The van der Waals surface area contributed by atoms with Gasteiger partial charge in [0.15, 0.2) is 0 Å². The normalized spacial score (nSPS) is 11.9. The van der Waals surface area contributed by atoms with Gasteiger partial charge in [0.05, 0.1) is 7.11 Å². The number of hydrogen-bond donors (Lipinski definition) is 1. The van der Waals surface area contributed by atoms with Crippen molar-refractivity contribution in [3.05, 3.63) is 47.8 Å².